The van der Waals surface area contributed by atoms with E-state index in [2.05, 4.69) is 34.4 Å². The largest absolute Gasteiger partial charge is 0.481 e. The maximum absolute atomic E-state index is 12.1. The molecular formula is C45H45N2O10S2+. The van der Waals surface area contributed by atoms with Gasteiger partial charge in [-0.15, -0.1) is 4.33 Å². The average Bonchev–Trinajstić information content (AvgIpc) is 3.51. The second-order valence-corrected chi connectivity index (χ2v) is 17.5. The van der Waals surface area contributed by atoms with Crippen LogP contribution in [-0.4, -0.2) is 50.7 Å². The number of carbonyl (C=O) groups is 2. The summed E-state index contributed by atoms with van der Waals surface area (Å²) in [4.78, 5) is 25.1. The van der Waals surface area contributed by atoms with Crippen LogP contribution in [0.5, 0.6) is 0 Å². The van der Waals surface area contributed by atoms with Crippen LogP contribution in [0.3, 0.4) is 0 Å². The smallest absolute Gasteiger partial charge is 0.307 e. The van der Waals surface area contributed by atoms with Gasteiger partial charge in [0, 0.05) is 51.5 Å². The third kappa shape index (κ3) is 9.82. The minimum atomic E-state index is -4.43. The number of nitrogens with zero attached hydrogens (tertiary/aromatic N) is 2. The molecule has 0 spiro atoms. The predicted molar refractivity (Wildman–Crippen MR) is 225 cm³/mol. The molecule has 6 rings (SSSR count). The molecule has 0 amide bonds. The number of fused-ring (bicyclic) bond motifs is 2. The van der Waals surface area contributed by atoms with E-state index in [1.165, 1.54) is 12.1 Å². The van der Waals surface area contributed by atoms with E-state index in [-0.39, 0.29) is 17.7 Å². The zero-order valence-corrected chi connectivity index (χ0v) is 34.5. The lowest BCUT2D eigenvalue weighted by atomic mass is 9.81. The van der Waals surface area contributed by atoms with Gasteiger partial charge in [0.25, 0.3) is 10.1 Å². The molecular weight excluding hydrogens is 793 g/mol. The Labute approximate surface area is 347 Å². The molecule has 0 bridgehead atoms. The Morgan fingerprint density at radius 3 is 1.95 bits per heavy atom. The van der Waals surface area contributed by atoms with E-state index in [9.17, 15) is 32.8 Å². The molecule has 0 aliphatic carbocycles. The highest BCUT2D eigenvalue weighted by Gasteiger charge is 2.45. The Morgan fingerprint density at radius 2 is 1.34 bits per heavy atom. The van der Waals surface area contributed by atoms with Crippen molar-refractivity contribution in [1.82, 2.24) is 0 Å². The molecule has 2 aliphatic heterocycles. The Hall–Kier alpha value is -5.61. The summed E-state index contributed by atoms with van der Waals surface area (Å²) >= 11 is 0.894. The molecule has 306 valence electrons. The zero-order valence-electron chi connectivity index (χ0n) is 32.9. The second kappa shape index (κ2) is 17.7. The van der Waals surface area contributed by atoms with Gasteiger partial charge in [-0.25, -0.2) is 5.26 Å². The number of allylic oxidation sites excluding steroid dienone is 8. The lowest BCUT2D eigenvalue weighted by molar-refractivity contribution is -0.455. The highest BCUT2D eigenvalue weighted by atomic mass is 32.2. The van der Waals surface area contributed by atoms with Gasteiger partial charge in [0.2, 0.25) is 5.69 Å². The summed E-state index contributed by atoms with van der Waals surface area (Å²) in [6.45, 7) is 9.23. The van der Waals surface area contributed by atoms with Crippen molar-refractivity contribution >= 4 is 51.2 Å². The summed E-state index contributed by atoms with van der Waals surface area (Å²) in [7, 11) is -4.43. The van der Waals surface area contributed by atoms with E-state index in [1.807, 2.05) is 105 Å². The van der Waals surface area contributed by atoms with Gasteiger partial charge >= 0.3 is 11.9 Å². The van der Waals surface area contributed by atoms with Crippen LogP contribution in [0.2, 0.25) is 0 Å². The molecule has 4 N–H and O–H groups in total. The normalized spacial score (nSPS) is 16.5. The molecule has 0 saturated heterocycles. The van der Waals surface area contributed by atoms with Crippen LogP contribution in [0, 0.1) is 0 Å². The molecule has 0 saturated carbocycles. The third-order valence-corrected chi connectivity index (χ3v) is 12.0. The first-order valence-corrected chi connectivity index (χ1v) is 20.8. The quantitative estimate of drug-likeness (QED) is 0.0211. The highest BCUT2D eigenvalue weighted by Crippen LogP contribution is 2.49. The van der Waals surface area contributed by atoms with E-state index in [4.69, 9.17) is 9.59 Å². The van der Waals surface area contributed by atoms with Crippen LogP contribution in [0.25, 0.3) is 0 Å². The van der Waals surface area contributed by atoms with E-state index in [1.54, 1.807) is 18.2 Å². The lowest BCUT2D eigenvalue weighted by Gasteiger charge is -2.27. The number of hydrogen-bond acceptors (Lipinski definition) is 9. The van der Waals surface area contributed by atoms with Gasteiger partial charge in [0.15, 0.2) is 12.3 Å². The summed E-state index contributed by atoms with van der Waals surface area (Å²) < 4.78 is 40.9. The van der Waals surface area contributed by atoms with E-state index in [0.29, 0.717) is 18.7 Å². The fourth-order valence-corrected chi connectivity index (χ4v) is 8.55. The van der Waals surface area contributed by atoms with Crippen LogP contribution in [0.15, 0.2) is 143 Å². The number of carboxylic acids is 2. The summed E-state index contributed by atoms with van der Waals surface area (Å²) in [6, 6.07) is 25.4. The molecule has 4 aromatic rings. The number of anilines is 1. The van der Waals surface area contributed by atoms with E-state index < -0.39 is 32.9 Å². The molecule has 0 aromatic heterocycles. The van der Waals surface area contributed by atoms with Crippen molar-refractivity contribution in [2.45, 2.75) is 74.2 Å². The Kier molecular flexibility index (Phi) is 12.9. The van der Waals surface area contributed by atoms with Crippen molar-refractivity contribution in [1.29, 1.82) is 0 Å². The second-order valence-electron chi connectivity index (χ2n) is 15.3. The van der Waals surface area contributed by atoms with Gasteiger partial charge in [-0.2, -0.15) is 13.0 Å². The SMILES string of the molecule is CC1(C)C(/C=C/C=C/C=C/C=C2/N(Cc3ccc(CC(=O)O)cc3)c3ccc(S(=O)(=O)O)cc3C2(C)C)=[N+](Cc2ccc(CC(=O)O)cc2)c2ccc(SOOO)cc21. The molecule has 59 heavy (non-hydrogen) atoms. The van der Waals surface area contributed by atoms with Crippen molar-refractivity contribution in [2.75, 3.05) is 4.90 Å². The van der Waals surface area contributed by atoms with Crippen LogP contribution >= 0.6 is 12.0 Å². The summed E-state index contributed by atoms with van der Waals surface area (Å²) in [6.07, 6.45) is 13.5. The zero-order chi connectivity index (χ0) is 42.5. The van der Waals surface area contributed by atoms with Crippen LogP contribution in [0.1, 0.15) is 61.1 Å². The van der Waals surface area contributed by atoms with Crippen LogP contribution in [0.4, 0.5) is 11.4 Å². The maximum atomic E-state index is 12.1. The number of rotatable bonds is 16. The van der Waals surface area contributed by atoms with E-state index in [0.717, 1.165) is 67.5 Å². The molecule has 2 heterocycles. The average molecular weight is 838 g/mol. The summed E-state index contributed by atoms with van der Waals surface area (Å²) in [5.74, 6) is -1.80. The van der Waals surface area contributed by atoms with Gasteiger partial charge < -0.3 is 15.1 Å². The van der Waals surface area contributed by atoms with Crippen LogP contribution < -0.4 is 4.90 Å². The third-order valence-electron chi connectivity index (χ3n) is 10.6. The minimum absolute atomic E-state index is 0.0502. The van der Waals surface area contributed by atoms with Crippen molar-refractivity contribution < 1.29 is 52.0 Å². The molecule has 0 radical (unpaired) electrons. The van der Waals surface area contributed by atoms with Gasteiger partial charge in [-0.05, 0) is 72.5 Å². The molecule has 0 atom stereocenters. The standard InChI is InChI=1S/C45H44N2O10S2/c1-44(2)36-26-34(58-57-56-52)20-22-38(36)46(28-32-16-12-30(13-17-32)24-42(48)49)40(44)10-8-6-5-7-9-11-41-45(3,4)37-27-35(59(53,54)55)21-23-39(37)47(41)29-33-18-14-31(15-19-33)25-43(50)51/h5-23,26-27H,24-25,28-29H2,1-4H3,(H3-,48,49,50,51,52,53,54,55)/p+1. The molecule has 0 unspecified atom stereocenters. The van der Waals surface area contributed by atoms with Crippen molar-refractivity contribution in [2.24, 2.45) is 0 Å². The molecule has 12 nitrogen and oxygen atoms in total. The first-order chi connectivity index (χ1) is 28.0. The van der Waals surface area contributed by atoms with Crippen molar-refractivity contribution in [3.63, 3.8) is 0 Å². The Morgan fingerprint density at radius 1 is 0.746 bits per heavy atom. The lowest BCUT2D eigenvalue weighted by Crippen LogP contribution is -2.27. The van der Waals surface area contributed by atoms with Gasteiger partial charge in [-0.1, -0.05) is 97.8 Å². The molecule has 14 heteroatoms. The monoisotopic (exact) mass is 837 g/mol. The van der Waals surface area contributed by atoms with Gasteiger partial charge in [-0.3, -0.25) is 14.1 Å². The summed E-state index contributed by atoms with van der Waals surface area (Å²) in [5.41, 5.74) is 7.79. The number of carboxylic acid groups (broad SMARTS) is 2. The van der Waals surface area contributed by atoms with Crippen LogP contribution in [-0.2, 0) is 65.8 Å². The maximum Gasteiger partial charge on any atom is 0.307 e. The fourth-order valence-electron chi connectivity index (χ4n) is 7.64. The van der Waals surface area contributed by atoms with Crippen molar-refractivity contribution in [3.8, 4) is 0 Å². The number of benzene rings is 4. The van der Waals surface area contributed by atoms with Gasteiger partial charge in [0.1, 0.15) is 0 Å². The first kappa shape index (κ1) is 43.0. The summed E-state index contributed by atoms with van der Waals surface area (Å²) in [5, 5.41) is 30.9. The first-order valence-electron chi connectivity index (χ1n) is 18.6. The Bertz CT molecular complexity index is 2520. The molecule has 2 aliphatic rings. The molecule has 0 fully saturated rings. The number of aliphatic carboxylic acids is 2. The highest BCUT2D eigenvalue weighted by molar-refractivity contribution is 7.94. The van der Waals surface area contributed by atoms with E-state index >= 15 is 0 Å². The topological polar surface area (TPSA) is 174 Å². The Balaban J connectivity index is 1.27. The van der Waals surface area contributed by atoms with Crippen molar-refractivity contribution in [3.05, 3.63) is 167 Å². The van der Waals surface area contributed by atoms with Gasteiger partial charge in [0.05, 0.1) is 35.2 Å². The minimum Gasteiger partial charge on any atom is -0.481 e. The predicted octanol–water partition coefficient (Wildman–Crippen LogP) is 8.74. The molecule has 4 aromatic carbocycles. The fraction of sp³-hybridized carbons (Fsp3) is 0.222. The number of hydrogen-bond donors (Lipinski definition) is 4.